The SMILES string of the molecule is [C-]#[N+]C(C)(C#N)c1cc(CBr)cc(C(C)(C)C#N)c1. The summed E-state index contributed by atoms with van der Waals surface area (Å²) in [6.07, 6.45) is 0. The Kier molecular flexibility index (Phi) is 4.35. The number of nitriles is 2. The smallest absolute Gasteiger partial charge is 0.289 e. The van der Waals surface area contributed by atoms with Gasteiger partial charge in [0, 0.05) is 12.3 Å². The molecular weight excluding hydrogens is 302 g/mol. The molecule has 0 bridgehead atoms. The fraction of sp³-hybridized carbons (Fsp3) is 0.400. The molecule has 1 rings (SSSR count). The molecule has 0 radical (unpaired) electrons. The quantitative estimate of drug-likeness (QED) is 0.624. The summed E-state index contributed by atoms with van der Waals surface area (Å²) in [5, 5.41) is 19.1. The lowest BCUT2D eigenvalue weighted by Crippen LogP contribution is -2.19. The number of halogens is 1. The fourth-order valence-electron chi connectivity index (χ4n) is 1.63. The van der Waals surface area contributed by atoms with Crippen molar-refractivity contribution < 1.29 is 0 Å². The molecule has 1 aromatic carbocycles. The van der Waals surface area contributed by atoms with Crippen LogP contribution in [0.5, 0.6) is 0 Å². The maximum absolute atomic E-state index is 9.23. The van der Waals surface area contributed by atoms with Gasteiger partial charge < -0.3 is 0 Å². The molecule has 0 saturated heterocycles. The van der Waals surface area contributed by atoms with E-state index in [2.05, 4.69) is 26.8 Å². The molecule has 0 aliphatic carbocycles. The van der Waals surface area contributed by atoms with E-state index in [1.807, 2.05) is 32.0 Å². The van der Waals surface area contributed by atoms with E-state index in [4.69, 9.17) is 6.57 Å². The zero-order valence-corrected chi connectivity index (χ0v) is 12.7. The lowest BCUT2D eigenvalue weighted by atomic mass is 9.82. The lowest BCUT2D eigenvalue weighted by molar-refractivity contribution is 0.678. The van der Waals surface area contributed by atoms with Gasteiger partial charge in [0.25, 0.3) is 0 Å². The summed E-state index contributed by atoms with van der Waals surface area (Å²) in [5.74, 6) is 0. The van der Waals surface area contributed by atoms with E-state index in [1.165, 1.54) is 0 Å². The fourth-order valence-corrected chi connectivity index (χ4v) is 1.95. The molecule has 0 aromatic heterocycles. The summed E-state index contributed by atoms with van der Waals surface area (Å²) in [6, 6.07) is 9.85. The van der Waals surface area contributed by atoms with Gasteiger partial charge in [0.05, 0.1) is 17.0 Å². The van der Waals surface area contributed by atoms with Gasteiger partial charge in [0.2, 0.25) is 0 Å². The van der Waals surface area contributed by atoms with Crippen molar-refractivity contribution in [1.82, 2.24) is 0 Å². The Balaban J connectivity index is 3.55. The molecule has 0 aliphatic heterocycles. The summed E-state index contributed by atoms with van der Waals surface area (Å²) in [7, 11) is 0. The van der Waals surface area contributed by atoms with E-state index in [9.17, 15) is 10.5 Å². The number of alkyl halides is 1. The third-order valence-electron chi connectivity index (χ3n) is 3.15. The van der Waals surface area contributed by atoms with Crippen LogP contribution < -0.4 is 0 Å². The van der Waals surface area contributed by atoms with Crippen molar-refractivity contribution >= 4 is 15.9 Å². The Morgan fingerprint density at radius 2 is 1.74 bits per heavy atom. The normalized spacial score (nSPS) is 13.7. The molecule has 1 atom stereocenters. The van der Waals surface area contributed by atoms with Gasteiger partial charge in [-0.05, 0) is 37.1 Å². The van der Waals surface area contributed by atoms with E-state index in [0.29, 0.717) is 10.9 Å². The van der Waals surface area contributed by atoms with Crippen LogP contribution in [0.1, 0.15) is 37.5 Å². The minimum absolute atomic E-state index is 0.620. The molecule has 0 fully saturated rings. The van der Waals surface area contributed by atoms with Crippen LogP contribution in [-0.2, 0) is 16.3 Å². The van der Waals surface area contributed by atoms with E-state index in [-0.39, 0.29) is 0 Å². The average molecular weight is 316 g/mol. The summed E-state index contributed by atoms with van der Waals surface area (Å²) < 4.78 is 0. The molecule has 0 aliphatic rings. The van der Waals surface area contributed by atoms with Crippen LogP contribution in [0.2, 0.25) is 0 Å². The molecule has 96 valence electrons. The largest absolute Gasteiger partial charge is 0.338 e. The summed E-state index contributed by atoms with van der Waals surface area (Å²) in [6.45, 7) is 12.5. The molecule has 0 N–H and O–H groups in total. The maximum atomic E-state index is 9.23. The predicted octanol–water partition coefficient (Wildman–Crippen LogP) is 4.04. The highest BCUT2D eigenvalue weighted by Gasteiger charge is 2.34. The first-order valence-corrected chi connectivity index (χ1v) is 6.87. The second-order valence-electron chi connectivity index (χ2n) is 5.08. The molecule has 0 heterocycles. The van der Waals surface area contributed by atoms with Crippen LogP contribution in [-0.4, -0.2) is 0 Å². The third kappa shape index (κ3) is 2.95. The van der Waals surface area contributed by atoms with Crippen LogP contribution >= 0.6 is 15.9 Å². The van der Waals surface area contributed by atoms with Crippen LogP contribution in [0.15, 0.2) is 18.2 Å². The second kappa shape index (κ2) is 5.43. The third-order valence-corrected chi connectivity index (χ3v) is 3.80. The minimum atomic E-state index is -1.21. The summed E-state index contributed by atoms with van der Waals surface area (Å²) in [4.78, 5) is 3.42. The molecule has 0 saturated carbocycles. The van der Waals surface area contributed by atoms with Gasteiger partial charge in [-0.25, -0.2) is 6.57 Å². The van der Waals surface area contributed by atoms with Gasteiger partial charge in [-0.2, -0.15) is 10.5 Å². The van der Waals surface area contributed by atoms with E-state index >= 15 is 0 Å². The molecule has 0 amide bonds. The molecule has 1 aromatic rings. The van der Waals surface area contributed by atoms with Crippen LogP contribution in [0.4, 0.5) is 0 Å². The van der Waals surface area contributed by atoms with Gasteiger partial charge in [-0.3, -0.25) is 4.85 Å². The number of nitrogens with zero attached hydrogens (tertiary/aromatic N) is 3. The Morgan fingerprint density at radius 1 is 1.16 bits per heavy atom. The molecule has 0 spiro atoms. The first kappa shape index (κ1) is 15.2. The number of hydrogen-bond donors (Lipinski definition) is 0. The standard InChI is InChI=1S/C15H14BrN3/c1-14(2,9-17)12-5-11(8-16)6-13(7-12)15(3,10-18)19-4/h5-7H,8H2,1-3H3. The maximum Gasteiger partial charge on any atom is 0.338 e. The number of benzene rings is 1. The van der Waals surface area contributed by atoms with Gasteiger partial charge >= 0.3 is 5.54 Å². The van der Waals surface area contributed by atoms with Crippen molar-refractivity contribution in [3.05, 3.63) is 46.3 Å². The van der Waals surface area contributed by atoms with Crippen molar-refractivity contribution in [2.45, 2.75) is 37.1 Å². The highest BCUT2D eigenvalue weighted by atomic mass is 79.9. The Morgan fingerprint density at radius 3 is 2.16 bits per heavy atom. The van der Waals surface area contributed by atoms with Gasteiger partial charge in [0.15, 0.2) is 6.07 Å². The zero-order chi connectivity index (χ0) is 14.7. The minimum Gasteiger partial charge on any atom is -0.289 e. The van der Waals surface area contributed by atoms with Gasteiger partial charge in [-0.1, -0.05) is 22.0 Å². The highest BCUT2D eigenvalue weighted by Crippen LogP contribution is 2.31. The van der Waals surface area contributed by atoms with Gasteiger partial charge in [-0.15, -0.1) is 0 Å². The Hall–Kier alpha value is -1.83. The summed E-state index contributed by atoms with van der Waals surface area (Å²) >= 11 is 3.38. The van der Waals surface area contributed by atoms with Gasteiger partial charge in [0.1, 0.15) is 0 Å². The average Bonchev–Trinajstić information content (AvgIpc) is 2.45. The zero-order valence-electron chi connectivity index (χ0n) is 11.2. The van der Waals surface area contributed by atoms with E-state index < -0.39 is 11.0 Å². The predicted molar refractivity (Wildman–Crippen MR) is 77.3 cm³/mol. The van der Waals surface area contributed by atoms with Crippen molar-refractivity contribution in [2.75, 3.05) is 0 Å². The van der Waals surface area contributed by atoms with Crippen molar-refractivity contribution in [1.29, 1.82) is 10.5 Å². The second-order valence-corrected chi connectivity index (χ2v) is 5.65. The Bertz CT molecular complexity index is 598. The topological polar surface area (TPSA) is 51.9 Å². The lowest BCUT2D eigenvalue weighted by Gasteiger charge is -2.19. The van der Waals surface area contributed by atoms with Crippen LogP contribution in [0, 0.1) is 29.2 Å². The first-order valence-electron chi connectivity index (χ1n) is 5.75. The van der Waals surface area contributed by atoms with Crippen LogP contribution in [0.3, 0.4) is 0 Å². The van der Waals surface area contributed by atoms with Crippen molar-refractivity contribution in [2.24, 2.45) is 0 Å². The number of rotatable bonds is 3. The van der Waals surface area contributed by atoms with Crippen molar-refractivity contribution in [3.63, 3.8) is 0 Å². The molecular formula is C15H14BrN3. The molecule has 4 heteroatoms. The molecule has 19 heavy (non-hydrogen) atoms. The van der Waals surface area contributed by atoms with E-state index in [0.717, 1.165) is 11.1 Å². The molecule has 1 unspecified atom stereocenters. The Labute approximate surface area is 122 Å². The van der Waals surface area contributed by atoms with E-state index in [1.54, 1.807) is 13.0 Å². The van der Waals surface area contributed by atoms with Crippen LogP contribution in [0.25, 0.3) is 4.85 Å². The summed E-state index contributed by atoms with van der Waals surface area (Å²) in [5.41, 5.74) is 0.567. The van der Waals surface area contributed by atoms with Crippen molar-refractivity contribution in [3.8, 4) is 12.1 Å². The first-order chi connectivity index (χ1) is 8.82. The highest BCUT2D eigenvalue weighted by molar-refractivity contribution is 9.08. The molecule has 3 nitrogen and oxygen atoms in total. The number of hydrogen-bond acceptors (Lipinski definition) is 2. The monoisotopic (exact) mass is 315 g/mol.